The van der Waals surface area contributed by atoms with Gasteiger partial charge in [-0.2, -0.15) is 0 Å². The first-order chi connectivity index (χ1) is 10.3. The minimum Gasteiger partial charge on any atom is -0.459 e. The third-order valence-electron chi connectivity index (χ3n) is 4.53. The molecule has 0 aromatic heterocycles. The Morgan fingerprint density at radius 1 is 1.10 bits per heavy atom. The molecule has 0 unspecified atom stereocenters. The normalized spacial score (nSPS) is 25.6. The second kappa shape index (κ2) is 4.71. The molecule has 1 fully saturated rings. The van der Waals surface area contributed by atoms with Crippen molar-refractivity contribution in [1.82, 2.24) is 5.32 Å². The molecule has 0 bridgehead atoms. The topological polar surface area (TPSA) is 48.2 Å². The van der Waals surface area contributed by atoms with Crippen LogP contribution in [0.3, 0.4) is 0 Å². The molecule has 0 saturated carbocycles. The Morgan fingerprint density at radius 3 is 2.62 bits per heavy atom. The van der Waals surface area contributed by atoms with E-state index >= 15 is 0 Å². The molecule has 0 radical (unpaired) electrons. The minimum absolute atomic E-state index is 0.120. The van der Waals surface area contributed by atoms with Crippen LogP contribution in [0.5, 0.6) is 0 Å². The number of hydrogen-bond donors (Lipinski definition) is 1. The van der Waals surface area contributed by atoms with Crippen LogP contribution in [0.4, 0.5) is 0 Å². The first-order valence-corrected chi connectivity index (χ1v) is 7.33. The molecular weight excluding hydrogens is 262 g/mol. The van der Waals surface area contributed by atoms with Gasteiger partial charge in [0.25, 0.3) is 0 Å². The quantitative estimate of drug-likeness (QED) is 0.692. The molecule has 0 amide bonds. The van der Waals surface area contributed by atoms with Crippen LogP contribution in [0.15, 0.2) is 54.6 Å². The second-order valence-electron chi connectivity index (χ2n) is 5.88. The highest BCUT2D eigenvalue weighted by Gasteiger charge is 2.62. The van der Waals surface area contributed by atoms with Gasteiger partial charge in [0.15, 0.2) is 0 Å². The van der Waals surface area contributed by atoms with Crippen LogP contribution in [0.1, 0.15) is 16.7 Å². The van der Waals surface area contributed by atoms with Crippen molar-refractivity contribution in [2.75, 3.05) is 0 Å². The van der Waals surface area contributed by atoms with Crippen LogP contribution < -0.4 is 5.32 Å². The summed E-state index contributed by atoms with van der Waals surface area (Å²) in [6, 6.07) is 18.4. The van der Waals surface area contributed by atoms with Crippen molar-refractivity contribution in [3.8, 4) is 0 Å². The van der Waals surface area contributed by atoms with Gasteiger partial charge in [0.05, 0.1) is 0 Å². The first kappa shape index (κ1) is 12.6. The fourth-order valence-corrected chi connectivity index (χ4v) is 3.24. The highest BCUT2D eigenvalue weighted by Crippen LogP contribution is 2.40. The SMILES string of the molecule is O=C(OCc1ccccc1)[C@]12Cc3ccccc3C[C@@H]1N2. The monoisotopic (exact) mass is 279 g/mol. The summed E-state index contributed by atoms with van der Waals surface area (Å²) in [5.41, 5.74) is 3.15. The highest BCUT2D eigenvalue weighted by atomic mass is 16.5. The molecule has 2 aliphatic rings. The smallest absolute Gasteiger partial charge is 0.328 e. The molecule has 1 aliphatic carbocycles. The van der Waals surface area contributed by atoms with Crippen molar-refractivity contribution in [1.29, 1.82) is 0 Å². The zero-order valence-corrected chi connectivity index (χ0v) is 11.7. The molecule has 4 rings (SSSR count). The average Bonchev–Trinajstić information content (AvgIpc) is 3.25. The number of esters is 1. The van der Waals surface area contributed by atoms with Crippen LogP contribution in [-0.4, -0.2) is 17.6 Å². The van der Waals surface area contributed by atoms with Gasteiger partial charge in [0.2, 0.25) is 0 Å². The van der Waals surface area contributed by atoms with Crippen LogP contribution in [-0.2, 0) is 29.0 Å². The predicted octanol–water partition coefficient (Wildman–Crippen LogP) is 2.24. The van der Waals surface area contributed by atoms with Crippen molar-refractivity contribution < 1.29 is 9.53 Å². The third-order valence-corrected chi connectivity index (χ3v) is 4.53. The van der Waals surface area contributed by atoms with E-state index in [9.17, 15) is 4.79 Å². The second-order valence-corrected chi connectivity index (χ2v) is 5.88. The number of fused-ring (bicyclic) bond motifs is 2. The largest absolute Gasteiger partial charge is 0.459 e. The summed E-state index contributed by atoms with van der Waals surface area (Å²) in [5, 5.41) is 3.35. The Balaban J connectivity index is 1.47. The fraction of sp³-hybridized carbons (Fsp3) is 0.278. The molecule has 1 aliphatic heterocycles. The van der Waals surface area contributed by atoms with Gasteiger partial charge in [0, 0.05) is 12.5 Å². The summed E-state index contributed by atoms with van der Waals surface area (Å²) in [4.78, 5) is 12.5. The fourth-order valence-electron chi connectivity index (χ4n) is 3.24. The lowest BCUT2D eigenvalue weighted by molar-refractivity contribution is -0.148. The van der Waals surface area contributed by atoms with Crippen molar-refractivity contribution >= 4 is 5.97 Å². The van der Waals surface area contributed by atoms with E-state index < -0.39 is 5.54 Å². The molecule has 3 heteroatoms. The molecule has 21 heavy (non-hydrogen) atoms. The van der Waals surface area contributed by atoms with Gasteiger partial charge in [-0.15, -0.1) is 0 Å². The van der Waals surface area contributed by atoms with E-state index in [2.05, 4.69) is 23.5 Å². The van der Waals surface area contributed by atoms with E-state index in [1.165, 1.54) is 11.1 Å². The van der Waals surface area contributed by atoms with Gasteiger partial charge in [-0.3, -0.25) is 5.32 Å². The molecule has 1 N–H and O–H groups in total. The summed E-state index contributed by atoms with van der Waals surface area (Å²) in [6.45, 7) is 0.345. The maximum atomic E-state index is 12.5. The van der Waals surface area contributed by atoms with Crippen molar-refractivity contribution in [2.45, 2.75) is 31.0 Å². The summed E-state index contributed by atoms with van der Waals surface area (Å²) in [6.07, 6.45) is 1.65. The van der Waals surface area contributed by atoms with Gasteiger partial charge in [-0.1, -0.05) is 54.6 Å². The molecule has 3 nitrogen and oxygen atoms in total. The summed E-state index contributed by atoms with van der Waals surface area (Å²) in [7, 11) is 0. The van der Waals surface area contributed by atoms with Crippen molar-refractivity contribution in [3.63, 3.8) is 0 Å². The van der Waals surface area contributed by atoms with E-state index in [1.807, 2.05) is 36.4 Å². The Morgan fingerprint density at radius 2 is 1.81 bits per heavy atom. The molecule has 1 saturated heterocycles. The number of carbonyl (C=O) groups excluding carboxylic acids is 1. The lowest BCUT2D eigenvalue weighted by atomic mass is 9.84. The van der Waals surface area contributed by atoms with Gasteiger partial charge >= 0.3 is 5.97 Å². The molecule has 2 aromatic carbocycles. The Hall–Kier alpha value is -2.13. The van der Waals surface area contributed by atoms with Crippen LogP contribution in [0.25, 0.3) is 0 Å². The number of benzene rings is 2. The summed E-state index contributed by atoms with van der Waals surface area (Å²) < 4.78 is 5.53. The lowest BCUT2D eigenvalue weighted by Gasteiger charge is -2.21. The van der Waals surface area contributed by atoms with Crippen molar-refractivity contribution in [2.24, 2.45) is 0 Å². The van der Waals surface area contributed by atoms with E-state index in [1.54, 1.807) is 0 Å². The van der Waals surface area contributed by atoms with Gasteiger partial charge in [0.1, 0.15) is 12.1 Å². The first-order valence-electron chi connectivity index (χ1n) is 7.33. The van der Waals surface area contributed by atoms with Crippen molar-refractivity contribution in [3.05, 3.63) is 71.3 Å². The van der Waals surface area contributed by atoms with Crippen LogP contribution in [0, 0.1) is 0 Å². The van der Waals surface area contributed by atoms with E-state index in [0.29, 0.717) is 6.61 Å². The Labute approximate surface area is 123 Å². The van der Waals surface area contributed by atoms with Crippen LogP contribution >= 0.6 is 0 Å². The maximum absolute atomic E-state index is 12.5. The standard InChI is InChI=1S/C18H17NO2/c20-17(21-12-13-6-2-1-3-7-13)18-11-15-9-5-4-8-14(15)10-16(18)19-18/h1-9,16,19H,10-12H2/t16-,18-/m0/s1. The number of nitrogens with one attached hydrogen (secondary N) is 1. The third kappa shape index (κ3) is 2.14. The zero-order valence-electron chi connectivity index (χ0n) is 11.7. The Bertz CT molecular complexity index is 683. The van der Waals surface area contributed by atoms with E-state index in [0.717, 1.165) is 18.4 Å². The summed E-state index contributed by atoms with van der Waals surface area (Å²) >= 11 is 0. The lowest BCUT2D eigenvalue weighted by Crippen LogP contribution is -2.36. The number of rotatable bonds is 3. The molecule has 0 spiro atoms. The van der Waals surface area contributed by atoms with Gasteiger partial charge < -0.3 is 4.74 Å². The average molecular weight is 279 g/mol. The minimum atomic E-state index is -0.483. The van der Waals surface area contributed by atoms with Gasteiger partial charge in [-0.05, 0) is 23.1 Å². The van der Waals surface area contributed by atoms with E-state index in [4.69, 9.17) is 4.74 Å². The number of ether oxygens (including phenoxy) is 1. The molecule has 2 aromatic rings. The number of carbonyl (C=O) groups is 1. The molecular formula is C18H17NO2. The predicted molar refractivity (Wildman–Crippen MR) is 79.7 cm³/mol. The van der Waals surface area contributed by atoms with Crippen LogP contribution in [0.2, 0.25) is 0 Å². The highest BCUT2D eigenvalue weighted by molar-refractivity contribution is 5.87. The van der Waals surface area contributed by atoms with E-state index in [-0.39, 0.29) is 12.0 Å². The number of hydrogen-bond acceptors (Lipinski definition) is 3. The zero-order chi connectivity index (χ0) is 14.3. The van der Waals surface area contributed by atoms with Gasteiger partial charge in [-0.25, -0.2) is 4.79 Å². The molecule has 1 heterocycles. The Kier molecular flexibility index (Phi) is 2.82. The molecule has 106 valence electrons. The maximum Gasteiger partial charge on any atom is 0.328 e. The summed E-state index contributed by atoms with van der Waals surface area (Å²) in [5.74, 6) is -0.120. The molecule has 2 atom stereocenters.